The molecule has 9 heteroatoms. The summed E-state index contributed by atoms with van der Waals surface area (Å²) in [6.45, 7) is 4.38. The first-order valence-corrected chi connectivity index (χ1v) is 11.1. The molecule has 0 saturated heterocycles. The number of nitrogens with one attached hydrogen (secondary N) is 1. The fraction of sp³-hybridized carbons (Fsp3) is 0.348. The molecule has 0 unspecified atom stereocenters. The molecule has 3 aromatic rings. The first-order chi connectivity index (χ1) is 15.4. The molecule has 32 heavy (non-hydrogen) atoms. The van der Waals surface area contributed by atoms with Gasteiger partial charge in [0.05, 0.1) is 24.8 Å². The van der Waals surface area contributed by atoms with E-state index in [9.17, 15) is 10.1 Å². The molecule has 8 nitrogen and oxygen atoms in total. The molecule has 0 atom stereocenters. The molecule has 0 bridgehead atoms. The minimum Gasteiger partial charge on any atom is -0.493 e. The van der Waals surface area contributed by atoms with Crippen LogP contribution in [0.4, 0.5) is 10.8 Å². The highest BCUT2D eigenvalue weighted by atomic mass is 32.1. The van der Waals surface area contributed by atoms with Gasteiger partial charge in [-0.3, -0.25) is 10.1 Å². The van der Waals surface area contributed by atoms with Gasteiger partial charge in [-0.1, -0.05) is 25.1 Å². The number of ether oxygens (including phenoxy) is 2. The summed E-state index contributed by atoms with van der Waals surface area (Å²) in [4.78, 5) is 18.9. The Morgan fingerprint density at radius 3 is 2.62 bits per heavy atom. The average molecular weight is 457 g/mol. The summed E-state index contributed by atoms with van der Waals surface area (Å²) in [5, 5.41) is 15.4. The Morgan fingerprint density at radius 2 is 1.94 bits per heavy atom. The summed E-state index contributed by atoms with van der Waals surface area (Å²) < 4.78 is 10.7. The third-order valence-corrected chi connectivity index (χ3v) is 5.94. The topological polar surface area (TPSA) is 89.8 Å². The minimum atomic E-state index is -0.380. The van der Waals surface area contributed by atoms with E-state index in [1.165, 1.54) is 6.07 Å². The van der Waals surface area contributed by atoms with Crippen LogP contribution in [-0.4, -0.2) is 42.6 Å². The number of rotatable bonds is 11. The molecule has 2 aromatic carbocycles. The Kier molecular flexibility index (Phi) is 8.02. The monoisotopic (exact) mass is 456 g/mol. The van der Waals surface area contributed by atoms with Crippen LogP contribution in [-0.2, 0) is 13.1 Å². The second-order valence-electron chi connectivity index (χ2n) is 7.38. The van der Waals surface area contributed by atoms with Crippen molar-refractivity contribution in [3.8, 4) is 22.8 Å². The summed E-state index contributed by atoms with van der Waals surface area (Å²) >= 11 is 1.57. The van der Waals surface area contributed by atoms with E-state index in [2.05, 4.69) is 24.2 Å². The van der Waals surface area contributed by atoms with Crippen molar-refractivity contribution in [3.05, 3.63) is 63.0 Å². The maximum atomic E-state index is 11.2. The van der Waals surface area contributed by atoms with Gasteiger partial charge in [0.25, 0.3) is 5.69 Å². The maximum Gasteiger partial charge on any atom is 0.270 e. The second-order valence-corrected chi connectivity index (χ2v) is 8.46. The van der Waals surface area contributed by atoms with Crippen molar-refractivity contribution in [3.63, 3.8) is 0 Å². The third kappa shape index (κ3) is 5.74. The van der Waals surface area contributed by atoms with Crippen molar-refractivity contribution in [2.75, 3.05) is 33.1 Å². The number of methoxy groups -OCH3 is 2. The minimum absolute atomic E-state index is 0.0585. The molecular formula is C23H28N4O4S. The van der Waals surface area contributed by atoms with Crippen molar-refractivity contribution in [2.24, 2.45) is 0 Å². The normalized spacial score (nSPS) is 10.9. The highest BCUT2D eigenvalue weighted by Crippen LogP contribution is 2.34. The Hall–Kier alpha value is -3.17. The molecule has 0 aliphatic heterocycles. The summed E-state index contributed by atoms with van der Waals surface area (Å²) in [7, 11) is 5.29. The lowest BCUT2D eigenvalue weighted by Gasteiger charge is -2.14. The zero-order valence-corrected chi connectivity index (χ0v) is 19.6. The molecule has 170 valence electrons. The molecule has 0 amide bonds. The summed E-state index contributed by atoms with van der Waals surface area (Å²) in [6.07, 6.45) is 1.05. The molecule has 0 fully saturated rings. The zero-order valence-electron chi connectivity index (χ0n) is 18.8. The van der Waals surface area contributed by atoms with Gasteiger partial charge in [-0.2, -0.15) is 0 Å². The van der Waals surface area contributed by atoms with Crippen LogP contribution in [0, 0.1) is 10.1 Å². The van der Waals surface area contributed by atoms with Gasteiger partial charge in [0.1, 0.15) is 0 Å². The number of hydrogen-bond acceptors (Lipinski definition) is 8. The van der Waals surface area contributed by atoms with Gasteiger partial charge in [0, 0.05) is 35.7 Å². The average Bonchev–Trinajstić information content (AvgIpc) is 3.20. The van der Waals surface area contributed by atoms with Gasteiger partial charge < -0.3 is 19.7 Å². The van der Waals surface area contributed by atoms with Gasteiger partial charge in [0.15, 0.2) is 16.6 Å². The number of nitrogens with zero attached hydrogens (tertiary/aromatic N) is 3. The van der Waals surface area contributed by atoms with E-state index < -0.39 is 0 Å². The standard InChI is InChI=1S/C23H28N4O4S/c1-5-11-26(2)15-21-22(17-7-6-8-18(13-17)27(28)29)25-23(32-21)24-14-16-9-10-19(30-3)20(12-16)31-4/h6-10,12-13H,5,11,14-15H2,1-4H3,(H,24,25). The van der Waals surface area contributed by atoms with Crippen molar-refractivity contribution >= 4 is 22.2 Å². The predicted molar refractivity (Wildman–Crippen MR) is 128 cm³/mol. The molecule has 0 aliphatic carbocycles. The van der Waals surface area contributed by atoms with Gasteiger partial charge in [-0.05, 0) is 37.7 Å². The molecule has 1 heterocycles. The first kappa shape index (κ1) is 23.5. The molecule has 0 radical (unpaired) electrons. The quantitative estimate of drug-likeness (QED) is 0.314. The van der Waals surface area contributed by atoms with Crippen LogP contribution in [0.1, 0.15) is 23.8 Å². The molecule has 0 saturated carbocycles. The van der Waals surface area contributed by atoms with Gasteiger partial charge in [0.2, 0.25) is 0 Å². The molecule has 1 N–H and O–H groups in total. The van der Waals surface area contributed by atoms with E-state index in [0.29, 0.717) is 18.0 Å². The second kappa shape index (κ2) is 10.9. The number of non-ortho nitro benzene ring substituents is 1. The largest absolute Gasteiger partial charge is 0.493 e. The van der Waals surface area contributed by atoms with Crippen molar-refractivity contribution in [1.82, 2.24) is 9.88 Å². The predicted octanol–water partition coefficient (Wildman–Crippen LogP) is 5.19. The number of aromatic nitrogens is 1. The SMILES string of the molecule is CCCN(C)Cc1sc(NCc2ccc(OC)c(OC)c2)nc1-c1cccc([N+](=O)[O-])c1. The molecule has 0 aliphatic rings. The van der Waals surface area contributed by atoms with Crippen LogP contribution in [0.15, 0.2) is 42.5 Å². The lowest BCUT2D eigenvalue weighted by Crippen LogP contribution is -2.18. The maximum absolute atomic E-state index is 11.2. The Balaban J connectivity index is 1.87. The third-order valence-electron chi connectivity index (χ3n) is 4.94. The Morgan fingerprint density at radius 1 is 1.16 bits per heavy atom. The summed E-state index contributed by atoms with van der Waals surface area (Å²) in [6, 6.07) is 12.4. The number of benzene rings is 2. The number of nitro groups is 1. The van der Waals surface area contributed by atoms with Gasteiger partial charge in [-0.25, -0.2) is 4.98 Å². The fourth-order valence-corrected chi connectivity index (χ4v) is 4.46. The number of nitro benzene ring substituents is 1. The van der Waals surface area contributed by atoms with Crippen molar-refractivity contribution in [1.29, 1.82) is 0 Å². The zero-order chi connectivity index (χ0) is 23.1. The van der Waals surface area contributed by atoms with E-state index in [-0.39, 0.29) is 10.6 Å². The highest BCUT2D eigenvalue weighted by Gasteiger charge is 2.17. The van der Waals surface area contributed by atoms with Crippen molar-refractivity contribution in [2.45, 2.75) is 26.4 Å². The molecule has 3 rings (SSSR count). The van der Waals surface area contributed by atoms with Crippen LogP contribution < -0.4 is 14.8 Å². The van der Waals surface area contributed by atoms with Crippen LogP contribution in [0.25, 0.3) is 11.3 Å². The molecular weight excluding hydrogens is 428 g/mol. The Labute approximate surface area is 192 Å². The smallest absolute Gasteiger partial charge is 0.270 e. The first-order valence-electron chi connectivity index (χ1n) is 10.3. The number of anilines is 1. The fourth-order valence-electron chi connectivity index (χ4n) is 3.40. The number of thiazole rings is 1. The van der Waals surface area contributed by atoms with Gasteiger partial charge in [-0.15, -0.1) is 11.3 Å². The van der Waals surface area contributed by atoms with Gasteiger partial charge >= 0.3 is 0 Å². The van der Waals surface area contributed by atoms with Crippen LogP contribution in [0.5, 0.6) is 11.5 Å². The van der Waals surface area contributed by atoms with E-state index in [0.717, 1.165) is 46.3 Å². The van der Waals surface area contributed by atoms with Crippen LogP contribution in [0.2, 0.25) is 0 Å². The van der Waals surface area contributed by atoms with Crippen molar-refractivity contribution < 1.29 is 14.4 Å². The van der Waals surface area contributed by atoms with Crippen LogP contribution >= 0.6 is 11.3 Å². The highest BCUT2D eigenvalue weighted by molar-refractivity contribution is 7.16. The van der Waals surface area contributed by atoms with E-state index >= 15 is 0 Å². The number of hydrogen-bond donors (Lipinski definition) is 1. The molecule has 0 spiro atoms. The molecule has 1 aromatic heterocycles. The lowest BCUT2D eigenvalue weighted by molar-refractivity contribution is -0.384. The van der Waals surface area contributed by atoms with Crippen LogP contribution in [0.3, 0.4) is 0 Å². The Bertz CT molecular complexity index is 1070. The van der Waals surface area contributed by atoms with E-state index in [1.807, 2.05) is 24.3 Å². The van der Waals surface area contributed by atoms with E-state index in [1.54, 1.807) is 37.7 Å². The summed E-state index contributed by atoms with van der Waals surface area (Å²) in [5.74, 6) is 1.35. The lowest BCUT2D eigenvalue weighted by atomic mass is 10.1. The summed E-state index contributed by atoms with van der Waals surface area (Å²) in [5.41, 5.74) is 2.61. The van der Waals surface area contributed by atoms with E-state index in [4.69, 9.17) is 14.5 Å².